The Morgan fingerprint density at radius 1 is 1.08 bits per heavy atom. The van der Waals surface area contributed by atoms with Gasteiger partial charge in [-0.1, -0.05) is 29.3 Å². The van der Waals surface area contributed by atoms with E-state index in [9.17, 15) is 4.79 Å². The van der Waals surface area contributed by atoms with Crippen LogP contribution < -0.4 is 10.1 Å². The highest BCUT2D eigenvalue weighted by atomic mass is 35.5. The third kappa shape index (κ3) is 2.97. The maximum absolute atomic E-state index is 12.6. The normalized spacial score (nSPS) is 10.9. The van der Waals surface area contributed by atoms with Gasteiger partial charge in [0.15, 0.2) is 0 Å². The average Bonchev–Trinajstić information content (AvgIpc) is 2.89. The second-order valence-corrected chi connectivity index (χ2v) is 7.23. The number of anilines is 1. The third-order valence-electron chi connectivity index (χ3n) is 3.89. The van der Waals surface area contributed by atoms with Crippen molar-refractivity contribution < 1.29 is 9.53 Å². The Balaban J connectivity index is 1.99. The Hall–Kier alpha value is -1.75. The van der Waals surface area contributed by atoms with Crippen molar-refractivity contribution in [3.05, 3.63) is 56.4 Å². The van der Waals surface area contributed by atoms with Gasteiger partial charge in [0.25, 0.3) is 5.91 Å². The number of carbonyl (C=O) groups excluding carboxylic acids is 1. The molecule has 0 unspecified atom stereocenters. The van der Waals surface area contributed by atoms with Crippen LogP contribution >= 0.6 is 34.5 Å². The number of halogens is 2. The molecule has 3 aromatic rings. The fraction of sp³-hybridized carbons (Fsp3) is 0.167. The molecule has 2 aromatic carbocycles. The summed E-state index contributed by atoms with van der Waals surface area (Å²) in [4.78, 5) is 13.0. The van der Waals surface area contributed by atoms with E-state index in [4.69, 9.17) is 27.9 Å². The second kappa shape index (κ2) is 6.63. The minimum atomic E-state index is -0.250. The van der Waals surface area contributed by atoms with E-state index in [1.54, 1.807) is 13.2 Å². The molecular formula is C18H15Cl2NO2S. The van der Waals surface area contributed by atoms with Crippen LogP contribution in [0.15, 0.2) is 30.3 Å². The fourth-order valence-corrected chi connectivity index (χ4v) is 4.18. The highest BCUT2D eigenvalue weighted by molar-refractivity contribution is 7.22. The number of rotatable bonds is 3. The summed E-state index contributed by atoms with van der Waals surface area (Å²) in [6.07, 6.45) is 0. The molecule has 0 saturated heterocycles. The third-order valence-corrected chi connectivity index (χ3v) is 6.11. The molecule has 0 spiro atoms. The first-order chi connectivity index (χ1) is 11.4. The number of methoxy groups -OCH3 is 1. The molecule has 3 rings (SSSR count). The number of carbonyl (C=O) groups is 1. The van der Waals surface area contributed by atoms with Gasteiger partial charge in [-0.2, -0.15) is 0 Å². The molecule has 0 fully saturated rings. The van der Waals surface area contributed by atoms with Crippen molar-refractivity contribution in [1.82, 2.24) is 0 Å². The number of thiophene rings is 1. The number of nitrogens with one attached hydrogen (secondary N) is 1. The lowest BCUT2D eigenvalue weighted by Gasteiger charge is -2.06. The summed E-state index contributed by atoms with van der Waals surface area (Å²) in [5.41, 5.74) is 3.02. The van der Waals surface area contributed by atoms with Gasteiger partial charge in [0.05, 0.1) is 16.8 Å². The van der Waals surface area contributed by atoms with Crippen LogP contribution in [0, 0.1) is 13.8 Å². The maximum atomic E-state index is 12.6. The Bertz CT molecular complexity index is 950. The molecule has 124 valence electrons. The van der Waals surface area contributed by atoms with Crippen molar-refractivity contribution in [3.8, 4) is 5.75 Å². The average molecular weight is 380 g/mol. The van der Waals surface area contributed by atoms with Crippen molar-refractivity contribution in [2.24, 2.45) is 0 Å². The van der Waals surface area contributed by atoms with E-state index in [0.29, 0.717) is 20.7 Å². The highest BCUT2D eigenvalue weighted by Crippen LogP contribution is 2.43. The van der Waals surface area contributed by atoms with Crippen LogP contribution in [-0.4, -0.2) is 13.0 Å². The van der Waals surface area contributed by atoms with Gasteiger partial charge in [-0.15, -0.1) is 11.3 Å². The summed E-state index contributed by atoms with van der Waals surface area (Å²) in [7, 11) is 1.55. The van der Waals surface area contributed by atoms with Crippen LogP contribution in [-0.2, 0) is 0 Å². The van der Waals surface area contributed by atoms with Gasteiger partial charge >= 0.3 is 0 Å². The van der Waals surface area contributed by atoms with E-state index in [0.717, 1.165) is 21.3 Å². The molecule has 1 N–H and O–H groups in total. The first-order valence-electron chi connectivity index (χ1n) is 7.25. The lowest BCUT2D eigenvalue weighted by Crippen LogP contribution is -2.10. The van der Waals surface area contributed by atoms with Crippen LogP contribution in [0.5, 0.6) is 5.75 Å². The van der Waals surface area contributed by atoms with Crippen molar-refractivity contribution in [2.75, 3.05) is 12.4 Å². The molecule has 1 heterocycles. The largest absolute Gasteiger partial charge is 0.495 e. The number of benzene rings is 2. The van der Waals surface area contributed by atoms with E-state index in [1.165, 1.54) is 16.9 Å². The van der Waals surface area contributed by atoms with Gasteiger partial charge in [-0.25, -0.2) is 0 Å². The smallest absolute Gasteiger partial charge is 0.267 e. The Kier molecular flexibility index (Phi) is 4.72. The zero-order chi connectivity index (χ0) is 17.4. The molecule has 0 atom stereocenters. The molecular weight excluding hydrogens is 365 g/mol. The number of hydrogen-bond donors (Lipinski definition) is 1. The van der Waals surface area contributed by atoms with Crippen LogP contribution in [0.4, 0.5) is 5.69 Å². The lowest BCUT2D eigenvalue weighted by atomic mass is 10.1. The quantitative estimate of drug-likeness (QED) is 0.598. The molecule has 24 heavy (non-hydrogen) atoms. The van der Waals surface area contributed by atoms with E-state index in [2.05, 4.69) is 5.32 Å². The van der Waals surface area contributed by atoms with Gasteiger partial charge in [0.2, 0.25) is 0 Å². The number of amides is 1. The molecule has 1 amide bonds. The highest BCUT2D eigenvalue weighted by Gasteiger charge is 2.20. The topological polar surface area (TPSA) is 38.3 Å². The van der Waals surface area contributed by atoms with Crippen molar-refractivity contribution in [3.63, 3.8) is 0 Å². The first-order valence-corrected chi connectivity index (χ1v) is 8.82. The van der Waals surface area contributed by atoms with Gasteiger partial charge in [-0.3, -0.25) is 4.79 Å². The second-order valence-electron chi connectivity index (χ2n) is 5.46. The Morgan fingerprint density at radius 2 is 1.83 bits per heavy atom. The van der Waals surface area contributed by atoms with Crippen LogP contribution in [0.1, 0.15) is 20.8 Å². The van der Waals surface area contributed by atoms with Gasteiger partial charge in [0, 0.05) is 11.1 Å². The molecule has 0 bridgehead atoms. The number of fused-ring (bicyclic) bond motifs is 1. The minimum Gasteiger partial charge on any atom is -0.495 e. The predicted octanol–water partition coefficient (Wildman–Crippen LogP) is 6.09. The predicted molar refractivity (Wildman–Crippen MR) is 102 cm³/mol. The molecule has 1 aromatic heterocycles. The van der Waals surface area contributed by atoms with Gasteiger partial charge < -0.3 is 10.1 Å². The summed E-state index contributed by atoms with van der Waals surface area (Å²) in [6.45, 7) is 4.03. The van der Waals surface area contributed by atoms with Crippen molar-refractivity contribution in [1.29, 1.82) is 0 Å². The standard InChI is InChI=1S/C18H15Cl2NO2S/c1-9-4-5-11(8-10(9)2)21-18(22)17-14(19)12-6-7-13(23-3)15(20)16(12)24-17/h4-8H,1-3H3,(H,21,22). The maximum Gasteiger partial charge on any atom is 0.267 e. The summed E-state index contributed by atoms with van der Waals surface area (Å²) < 4.78 is 5.96. The zero-order valence-corrected chi connectivity index (χ0v) is 15.7. The van der Waals surface area contributed by atoms with Crippen LogP contribution in [0.3, 0.4) is 0 Å². The fourth-order valence-electron chi connectivity index (χ4n) is 2.39. The molecule has 0 aliphatic heterocycles. The van der Waals surface area contributed by atoms with E-state index in [1.807, 2.05) is 38.1 Å². The Morgan fingerprint density at radius 3 is 2.50 bits per heavy atom. The van der Waals surface area contributed by atoms with Crippen LogP contribution in [0.2, 0.25) is 10.0 Å². The zero-order valence-electron chi connectivity index (χ0n) is 13.4. The summed E-state index contributed by atoms with van der Waals surface area (Å²) in [5, 5.41) is 4.51. The van der Waals surface area contributed by atoms with Crippen LogP contribution in [0.25, 0.3) is 10.1 Å². The monoisotopic (exact) mass is 379 g/mol. The molecule has 0 aliphatic carbocycles. The Labute approximate surface area is 154 Å². The summed E-state index contributed by atoms with van der Waals surface area (Å²) in [6, 6.07) is 9.33. The van der Waals surface area contributed by atoms with E-state index >= 15 is 0 Å². The van der Waals surface area contributed by atoms with E-state index in [-0.39, 0.29) is 5.91 Å². The lowest BCUT2D eigenvalue weighted by molar-refractivity contribution is 0.103. The van der Waals surface area contributed by atoms with Crippen molar-refractivity contribution >= 4 is 56.2 Å². The SMILES string of the molecule is COc1ccc2c(Cl)c(C(=O)Nc3ccc(C)c(C)c3)sc2c1Cl. The van der Waals surface area contributed by atoms with Gasteiger partial charge in [-0.05, 0) is 49.2 Å². The first kappa shape index (κ1) is 17.1. The minimum absolute atomic E-state index is 0.250. The number of hydrogen-bond acceptors (Lipinski definition) is 3. The van der Waals surface area contributed by atoms with Crippen molar-refractivity contribution in [2.45, 2.75) is 13.8 Å². The molecule has 6 heteroatoms. The molecule has 3 nitrogen and oxygen atoms in total. The summed E-state index contributed by atoms with van der Waals surface area (Å²) in [5.74, 6) is 0.308. The number of aryl methyl sites for hydroxylation is 2. The molecule has 0 radical (unpaired) electrons. The number of ether oxygens (including phenoxy) is 1. The molecule has 0 aliphatic rings. The van der Waals surface area contributed by atoms with E-state index < -0.39 is 0 Å². The summed E-state index contributed by atoms with van der Waals surface area (Å²) >= 11 is 14.0. The van der Waals surface area contributed by atoms with Gasteiger partial charge in [0.1, 0.15) is 15.6 Å². The molecule has 0 saturated carbocycles.